The van der Waals surface area contributed by atoms with Gasteiger partial charge < -0.3 is 10.6 Å². The van der Waals surface area contributed by atoms with Crippen LogP contribution in [0.3, 0.4) is 0 Å². The number of rotatable bonds is 2. The molecule has 1 unspecified atom stereocenters. The highest BCUT2D eigenvalue weighted by Gasteiger charge is 2.21. The molecule has 11 heavy (non-hydrogen) atoms. The quantitative estimate of drug-likeness (QED) is 0.613. The standard InChI is InChI=1S/C9H18N2/c1-2-9(11-4-1)6-8-3-5-10-7-8/h8-11H,1-7H2/t8?,9-/m0/s1. The van der Waals surface area contributed by atoms with E-state index in [1.54, 1.807) is 0 Å². The molecule has 0 aliphatic carbocycles. The molecule has 0 aromatic carbocycles. The van der Waals surface area contributed by atoms with Crippen molar-refractivity contribution in [1.82, 2.24) is 10.6 Å². The lowest BCUT2D eigenvalue weighted by atomic mass is 9.98. The van der Waals surface area contributed by atoms with Crippen LogP contribution < -0.4 is 10.6 Å². The van der Waals surface area contributed by atoms with E-state index in [1.165, 1.54) is 45.3 Å². The van der Waals surface area contributed by atoms with Crippen molar-refractivity contribution in [3.05, 3.63) is 0 Å². The van der Waals surface area contributed by atoms with E-state index in [2.05, 4.69) is 10.6 Å². The second-order valence-electron chi connectivity index (χ2n) is 3.89. The molecule has 0 saturated carbocycles. The van der Waals surface area contributed by atoms with Crippen molar-refractivity contribution in [1.29, 1.82) is 0 Å². The van der Waals surface area contributed by atoms with Gasteiger partial charge in [0.05, 0.1) is 0 Å². The maximum atomic E-state index is 3.56. The molecular weight excluding hydrogens is 136 g/mol. The van der Waals surface area contributed by atoms with E-state index in [4.69, 9.17) is 0 Å². The molecule has 2 aliphatic heterocycles. The van der Waals surface area contributed by atoms with Crippen LogP contribution >= 0.6 is 0 Å². The molecule has 0 radical (unpaired) electrons. The van der Waals surface area contributed by atoms with E-state index in [0.29, 0.717) is 0 Å². The van der Waals surface area contributed by atoms with Crippen LogP contribution in [0.5, 0.6) is 0 Å². The van der Waals surface area contributed by atoms with Gasteiger partial charge in [0.1, 0.15) is 0 Å². The van der Waals surface area contributed by atoms with Crippen LogP contribution in [0.4, 0.5) is 0 Å². The van der Waals surface area contributed by atoms with E-state index >= 15 is 0 Å². The predicted octanol–water partition coefficient (Wildman–Crippen LogP) is 0.738. The summed E-state index contributed by atoms with van der Waals surface area (Å²) >= 11 is 0. The van der Waals surface area contributed by atoms with Crippen LogP contribution in [0.15, 0.2) is 0 Å². The summed E-state index contributed by atoms with van der Waals surface area (Å²) in [5.74, 6) is 0.964. The molecule has 2 aliphatic rings. The zero-order chi connectivity index (χ0) is 7.52. The van der Waals surface area contributed by atoms with E-state index in [-0.39, 0.29) is 0 Å². The first-order chi connectivity index (χ1) is 5.45. The van der Waals surface area contributed by atoms with Gasteiger partial charge in [-0.05, 0) is 51.2 Å². The van der Waals surface area contributed by atoms with Gasteiger partial charge in [-0.1, -0.05) is 0 Å². The van der Waals surface area contributed by atoms with Crippen LogP contribution in [0, 0.1) is 5.92 Å². The third kappa shape index (κ3) is 1.94. The van der Waals surface area contributed by atoms with Gasteiger partial charge in [-0.3, -0.25) is 0 Å². The molecule has 0 bridgehead atoms. The Morgan fingerprint density at radius 3 is 2.82 bits per heavy atom. The molecule has 0 amide bonds. The molecule has 64 valence electrons. The van der Waals surface area contributed by atoms with Gasteiger partial charge in [-0.25, -0.2) is 0 Å². The summed E-state index contributed by atoms with van der Waals surface area (Å²) in [5, 5.41) is 6.97. The first-order valence-electron chi connectivity index (χ1n) is 4.89. The summed E-state index contributed by atoms with van der Waals surface area (Å²) < 4.78 is 0. The van der Waals surface area contributed by atoms with E-state index in [1.807, 2.05) is 0 Å². The van der Waals surface area contributed by atoms with Crippen molar-refractivity contribution >= 4 is 0 Å². The summed E-state index contributed by atoms with van der Waals surface area (Å²) in [4.78, 5) is 0. The van der Waals surface area contributed by atoms with Gasteiger partial charge in [0, 0.05) is 6.04 Å². The van der Waals surface area contributed by atoms with Crippen LogP contribution in [0.2, 0.25) is 0 Å². The number of nitrogens with one attached hydrogen (secondary N) is 2. The molecule has 0 aromatic rings. The summed E-state index contributed by atoms with van der Waals surface area (Å²) in [5.41, 5.74) is 0. The lowest BCUT2D eigenvalue weighted by molar-refractivity contribution is 0.437. The fourth-order valence-corrected chi connectivity index (χ4v) is 2.28. The predicted molar refractivity (Wildman–Crippen MR) is 46.6 cm³/mol. The average Bonchev–Trinajstić information content (AvgIpc) is 2.60. The third-order valence-electron chi connectivity index (χ3n) is 2.94. The fraction of sp³-hybridized carbons (Fsp3) is 1.00. The molecule has 2 rings (SSSR count). The molecule has 0 aromatic heterocycles. The second kappa shape index (κ2) is 3.55. The number of hydrogen-bond donors (Lipinski definition) is 2. The molecule has 2 heteroatoms. The van der Waals surface area contributed by atoms with Crippen LogP contribution in [0.1, 0.15) is 25.7 Å². The average molecular weight is 154 g/mol. The van der Waals surface area contributed by atoms with Crippen LogP contribution in [-0.4, -0.2) is 25.7 Å². The van der Waals surface area contributed by atoms with Crippen molar-refractivity contribution in [2.45, 2.75) is 31.7 Å². The van der Waals surface area contributed by atoms with Crippen molar-refractivity contribution in [3.8, 4) is 0 Å². The van der Waals surface area contributed by atoms with E-state index < -0.39 is 0 Å². The molecule has 0 spiro atoms. The largest absolute Gasteiger partial charge is 0.316 e. The highest BCUT2D eigenvalue weighted by Crippen LogP contribution is 2.19. The third-order valence-corrected chi connectivity index (χ3v) is 2.94. The van der Waals surface area contributed by atoms with Crippen molar-refractivity contribution in [3.63, 3.8) is 0 Å². The first-order valence-corrected chi connectivity index (χ1v) is 4.89. The maximum Gasteiger partial charge on any atom is 0.00706 e. The summed E-state index contributed by atoms with van der Waals surface area (Å²) in [6.45, 7) is 3.76. The van der Waals surface area contributed by atoms with Gasteiger partial charge >= 0.3 is 0 Å². The Morgan fingerprint density at radius 1 is 1.18 bits per heavy atom. The normalized spacial score (nSPS) is 38.2. The van der Waals surface area contributed by atoms with Crippen molar-refractivity contribution in [2.75, 3.05) is 19.6 Å². The SMILES string of the molecule is C1CN[C@H](CC2CCNC2)C1. The monoisotopic (exact) mass is 154 g/mol. The van der Waals surface area contributed by atoms with Crippen molar-refractivity contribution < 1.29 is 0 Å². The van der Waals surface area contributed by atoms with Gasteiger partial charge in [0.25, 0.3) is 0 Å². The second-order valence-corrected chi connectivity index (χ2v) is 3.89. The Hall–Kier alpha value is -0.0800. The minimum absolute atomic E-state index is 0.847. The minimum atomic E-state index is 0.847. The van der Waals surface area contributed by atoms with E-state index in [0.717, 1.165) is 12.0 Å². The Kier molecular flexibility index (Phi) is 2.44. The molecule has 2 saturated heterocycles. The molecule has 2 atom stereocenters. The zero-order valence-electron chi connectivity index (χ0n) is 7.10. The Morgan fingerprint density at radius 2 is 2.18 bits per heavy atom. The minimum Gasteiger partial charge on any atom is -0.316 e. The van der Waals surface area contributed by atoms with Gasteiger partial charge in [-0.2, -0.15) is 0 Å². The van der Waals surface area contributed by atoms with Crippen LogP contribution in [0.25, 0.3) is 0 Å². The Bertz CT molecular complexity index is 98.7. The van der Waals surface area contributed by atoms with Crippen molar-refractivity contribution in [2.24, 2.45) is 5.92 Å². The summed E-state index contributed by atoms with van der Waals surface area (Å²) in [6.07, 6.45) is 5.62. The Labute approximate surface area is 68.7 Å². The first kappa shape index (κ1) is 7.56. The summed E-state index contributed by atoms with van der Waals surface area (Å²) in [7, 11) is 0. The zero-order valence-corrected chi connectivity index (χ0v) is 7.10. The maximum absolute atomic E-state index is 3.56. The Balaban J connectivity index is 1.71. The molecule has 2 N–H and O–H groups in total. The topological polar surface area (TPSA) is 24.1 Å². The molecule has 2 fully saturated rings. The summed E-state index contributed by atoms with van der Waals surface area (Å²) in [6, 6.07) is 0.847. The highest BCUT2D eigenvalue weighted by molar-refractivity contribution is 4.80. The lowest BCUT2D eigenvalue weighted by Gasteiger charge is -2.14. The van der Waals surface area contributed by atoms with Gasteiger partial charge in [-0.15, -0.1) is 0 Å². The molecular formula is C9H18N2. The smallest absolute Gasteiger partial charge is 0.00706 e. The lowest BCUT2D eigenvalue weighted by Crippen LogP contribution is -2.25. The van der Waals surface area contributed by atoms with Gasteiger partial charge in [0.15, 0.2) is 0 Å². The van der Waals surface area contributed by atoms with Gasteiger partial charge in [0.2, 0.25) is 0 Å². The fourth-order valence-electron chi connectivity index (χ4n) is 2.28. The highest BCUT2D eigenvalue weighted by atomic mass is 14.9. The number of hydrogen-bond acceptors (Lipinski definition) is 2. The molecule has 2 nitrogen and oxygen atoms in total. The van der Waals surface area contributed by atoms with E-state index in [9.17, 15) is 0 Å². The molecule has 2 heterocycles. The van der Waals surface area contributed by atoms with Crippen LogP contribution in [-0.2, 0) is 0 Å².